The molecule has 0 aromatic heterocycles. The van der Waals surface area contributed by atoms with Crippen LogP contribution in [0.25, 0.3) is 11.6 Å². The molecule has 0 fully saturated rings. The molecular formula is C37H29NO2. The summed E-state index contributed by atoms with van der Waals surface area (Å²) >= 11 is 0. The molecule has 0 N–H and O–H groups in total. The second-order valence-corrected chi connectivity index (χ2v) is 9.90. The molecule has 0 spiro atoms. The number of hydrogen-bond donors (Lipinski definition) is 0. The third-order valence-corrected chi connectivity index (χ3v) is 7.13. The summed E-state index contributed by atoms with van der Waals surface area (Å²) in [5, 5.41) is 0. The Balaban J connectivity index is 1.41. The number of carbonyl (C=O) groups excluding carboxylic acids is 1. The van der Waals surface area contributed by atoms with Crippen LogP contribution in [-0.4, -0.2) is 5.97 Å². The summed E-state index contributed by atoms with van der Waals surface area (Å²) in [5.41, 5.74) is 9.91. The van der Waals surface area contributed by atoms with E-state index in [1.807, 2.05) is 48.5 Å². The lowest BCUT2D eigenvalue weighted by Gasteiger charge is -2.30. The van der Waals surface area contributed by atoms with E-state index in [-0.39, 0.29) is 5.97 Å². The molecule has 0 atom stereocenters. The van der Waals surface area contributed by atoms with Crippen LogP contribution in [0.3, 0.4) is 0 Å². The van der Waals surface area contributed by atoms with Gasteiger partial charge in [-0.3, -0.25) is 0 Å². The molecule has 1 aliphatic rings. The first-order valence-corrected chi connectivity index (χ1v) is 13.4. The molecule has 3 heteroatoms. The second-order valence-electron chi connectivity index (χ2n) is 9.90. The van der Waals surface area contributed by atoms with Crippen LogP contribution in [0.2, 0.25) is 0 Å². The van der Waals surface area contributed by atoms with E-state index < -0.39 is 6.10 Å². The number of rotatable bonds is 6. The number of hydrogen-bond acceptors (Lipinski definition) is 3. The Kier molecular flexibility index (Phi) is 6.86. The molecule has 0 heterocycles. The number of para-hydroxylation sites is 2. The van der Waals surface area contributed by atoms with E-state index in [0.717, 1.165) is 50.5 Å². The minimum Gasteiger partial charge on any atom is -0.449 e. The van der Waals surface area contributed by atoms with E-state index >= 15 is 0 Å². The Morgan fingerprint density at radius 2 is 1.10 bits per heavy atom. The number of fused-ring (bicyclic) bond motifs is 2. The maximum Gasteiger partial charge on any atom is 0.334 e. The minimum atomic E-state index is -0.485. The van der Waals surface area contributed by atoms with E-state index in [2.05, 4.69) is 102 Å². The molecule has 3 nitrogen and oxygen atoms in total. The molecule has 5 aromatic rings. The van der Waals surface area contributed by atoms with Crippen LogP contribution in [0, 0.1) is 0 Å². The smallest absolute Gasteiger partial charge is 0.334 e. The van der Waals surface area contributed by atoms with Crippen LogP contribution in [0.1, 0.15) is 40.8 Å². The first-order valence-electron chi connectivity index (χ1n) is 13.4. The van der Waals surface area contributed by atoms with Gasteiger partial charge in [-0.2, -0.15) is 0 Å². The highest BCUT2D eigenvalue weighted by molar-refractivity contribution is 5.96. The van der Waals surface area contributed by atoms with Crippen molar-refractivity contribution in [3.05, 3.63) is 173 Å². The summed E-state index contributed by atoms with van der Waals surface area (Å²) in [6, 6.07) is 45.7. The first-order chi connectivity index (χ1) is 19.6. The Bertz CT molecular complexity index is 1610. The molecule has 0 bridgehead atoms. The van der Waals surface area contributed by atoms with Crippen molar-refractivity contribution >= 4 is 34.7 Å². The Morgan fingerprint density at radius 1 is 0.650 bits per heavy atom. The van der Waals surface area contributed by atoms with Gasteiger partial charge in [0.05, 0.1) is 0 Å². The summed E-state index contributed by atoms with van der Waals surface area (Å²) in [6.07, 6.45) is 1.73. The zero-order valence-corrected chi connectivity index (χ0v) is 22.3. The predicted octanol–water partition coefficient (Wildman–Crippen LogP) is 9.27. The lowest BCUT2D eigenvalue weighted by molar-refractivity contribution is -0.142. The predicted molar refractivity (Wildman–Crippen MR) is 164 cm³/mol. The van der Waals surface area contributed by atoms with E-state index in [1.165, 1.54) is 0 Å². The lowest BCUT2D eigenvalue weighted by Crippen LogP contribution is -2.19. The Morgan fingerprint density at radius 3 is 1.60 bits per heavy atom. The molecule has 0 saturated heterocycles. The van der Waals surface area contributed by atoms with Gasteiger partial charge < -0.3 is 9.64 Å². The van der Waals surface area contributed by atoms with Gasteiger partial charge >= 0.3 is 5.97 Å². The molecule has 40 heavy (non-hydrogen) atoms. The highest BCUT2D eigenvalue weighted by Crippen LogP contribution is 2.44. The van der Waals surface area contributed by atoms with Gasteiger partial charge in [-0.25, -0.2) is 4.79 Å². The van der Waals surface area contributed by atoms with E-state index in [1.54, 1.807) is 6.92 Å². The van der Waals surface area contributed by atoms with Gasteiger partial charge in [-0.15, -0.1) is 0 Å². The largest absolute Gasteiger partial charge is 0.449 e. The van der Waals surface area contributed by atoms with Gasteiger partial charge in [0.2, 0.25) is 0 Å². The topological polar surface area (TPSA) is 29.5 Å². The van der Waals surface area contributed by atoms with Crippen molar-refractivity contribution in [2.75, 3.05) is 4.90 Å². The van der Waals surface area contributed by atoms with Crippen molar-refractivity contribution in [3.63, 3.8) is 0 Å². The SMILES string of the molecule is C=C(C)C(=O)OC1c2ccccc2C(=Cc2ccc(N(c3ccccc3)c3ccccc3)cc2)c2ccccc21. The van der Waals surface area contributed by atoms with Gasteiger partial charge in [0.15, 0.2) is 6.10 Å². The molecule has 0 amide bonds. The molecule has 5 aromatic carbocycles. The quantitative estimate of drug-likeness (QED) is 0.165. The monoisotopic (exact) mass is 519 g/mol. The maximum absolute atomic E-state index is 12.6. The third-order valence-electron chi connectivity index (χ3n) is 7.13. The number of esters is 1. The van der Waals surface area contributed by atoms with Crippen LogP contribution < -0.4 is 4.90 Å². The van der Waals surface area contributed by atoms with Crippen molar-refractivity contribution in [2.45, 2.75) is 13.0 Å². The van der Waals surface area contributed by atoms with Gasteiger partial charge in [0.1, 0.15) is 0 Å². The van der Waals surface area contributed by atoms with E-state index in [9.17, 15) is 4.79 Å². The summed E-state index contributed by atoms with van der Waals surface area (Å²) in [6.45, 7) is 5.45. The average molecular weight is 520 g/mol. The van der Waals surface area contributed by atoms with Crippen molar-refractivity contribution in [2.24, 2.45) is 0 Å². The highest BCUT2D eigenvalue weighted by Gasteiger charge is 2.31. The molecular weight excluding hydrogens is 490 g/mol. The Labute approximate surface area is 235 Å². The van der Waals surface area contributed by atoms with E-state index in [0.29, 0.717) is 5.57 Å². The number of carbonyl (C=O) groups is 1. The van der Waals surface area contributed by atoms with Crippen LogP contribution in [-0.2, 0) is 9.53 Å². The number of benzene rings is 5. The molecule has 0 radical (unpaired) electrons. The zero-order chi connectivity index (χ0) is 27.5. The highest BCUT2D eigenvalue weighted by atomic mass is 16.5. The molecule has 0 saturated carbocycles. The summed E-state index contributed by atoms with van der Waals surface area (Å²) < 4.78 is 5.96. The summed E-state index contributed by atoms with van der Waals surface area (Å²) in [4.78, 5) is 14.8. The fourth-order valence-corrected chi connectivity index (χ4v) is 5.23. The molecule has 1 aliphatic carbocycles. The minimum absolute atomic E-state index is 0.386. The third kappa shape index (κ3) is 4.85. The van der Waals surface area contributed by atoms with Gasteiger partial charge in [-0.05, 0) is 71.7 Å². The Hall–Kier alpha value is -5.15. The maximum atomic E-state index is 12.6. The number of anilines is 3. The molecule has 194 valence electrons. The molecule has 0 aliphatic heterocycles. The zero-order valence-electron chi connectivity index (χ0n) is 22.3. The number of nitrogens with zero attached hydrogens (tertiary/aromatic N) is 1. The number of ether oxygens (including phenoxy) is 1. The van der Waals surface area contributed by atoms with Crippen LogP contribution in [0.4, 0.5) is 17.1 Å². The van der Waals surface area contributed by atoms with E-state index in [4.69, 9.17) is 4.74 Å². The van der Waals surface area contributed by atoms with Crippen LogP contribution in [0.15, 0.2) is 146 Å². The first kappa shape index (κ1) is 25.1. The summed E-state index contributed by atoms with van der Waals surface area (Å²) in [7, 11) is 0. The fraction of sp³-hybridized carbons (Fsp3) is 0.0541. The average Bonchev–Trinajstić information content (AvgIpc) is 3.00. The summed E-state index contributed by atoms with van der Waals surface area (Å²) in [5.74, 6) is -0.390. The standard InChI is InChI=1S/C37H29NO2/c1-26(2)37(39)40-36-33-19-11-9-17-31(33)35(32-18-10-12-20-34(32)36)25-27-21-23-30(24-22-27)38(28-13-5-3-6-14-28)29-15-7-4-8-16-29/h3-25,36H,1H2,2H3. The normalized spacial score (nSPS) is 13.5. The molecule has 6 rings (SSSR count). The van der Waals surface area contributed by atoms with Crippen LogP contribution in [0.5, 0.6) is 0 Å². The fourth-order valence-electron chi connectivity index (χ4n) is 5.23. The second kappa shape index (κ2) is 10.9. The van der Waals surface area contributed by atoms with Crippen molar-refractivity contribution in [1.29, 1.82) is 0 Å². The van der Waals surface area contributed by atoms with Gasteiger partial charge in [0, 0.05) is 33.8 Å². The van der Waals surface area contributed by atoms with Gasteiger partial charge in [0.25, 0.3) is 0 Å². The van der Waals surface area contributed by atoms with Crippen molar-refractivity contribution in [3.8, 4) is 0 Å². The molecule has 0 unspecified atom stereocenters. The van der Waals surface area contributed by atoms with Crippen molar-refractivity contribution in [1.82, 2.24) is 0 Å². The van der Waals surface area contributed by atoms with Crippen LogP contribution >= 0.6 is 0 Å². The lowest BCUT2D eigenvalue weighted by atomic mass is 9.79. The van der Waals surface area contributed by atoms with Gasteiger partial charge in [-0.1, -0.05) is 104 Å². The van der Waals surface area contributed by atoms with Crippen molar-refractivity contribution < 1.29 is 9.53 Å².